The van der Waals surface area contributed by atoms with Crippen LogP contribution in [0.5, 0.6) is 5.75 Å². The predicted molar refractivity (Wildman–Crippen MR) is 86.8 cm³/mol. The molecule has 1 N–H and O–H groups in total. The largest absolute Gasteiger partial charge is 0.496 e. The highest BCUT2D eigenvalue weighted by Crippen LogP contribution is 2.32. The summed E-state index contributed by atoms with van der Waals surface area (Å²) in [6, 6.07) is 8.62. The van der Waals surface area contributed by atoms with Crippen molar-refractivity contribution in [1.29, 1.82) is 0 Å². The molecule has 0 spiro atoms. The van der Waals surface area contributed by atoms with Gasteiger partial charge in [0.25, 0.3) is 0 Å². The number of para-hydroxylation sites is 1. The van der Waals surface area contributed by atoms with Crippen molar-refractivity contribution in [1.82, 2.24) is 15.2 Å². The second-order valence-corrected chi connectivity index (χ2v) is 6.23. The van der Waals surface area contributed by atoms with E-state index in [9.17, 15) is 0 Å². The lowest BCUT2D eigenvalue weighted by atomic mass is 10.2. The minimum Gasteiger partial charge on any atom is -0.496 e. The van der Waals surface area contributed by atoms with Gasteiger partial charge in [-0.25, -0.2) is 4.98 Å². The lowest BCUT2D eigenvalue weighted by Gasteiger charge is -2.33. The van der Waals surface area contributed by atoms with E-state index in [0.717, 1.165) is 48.2 Å². The van der Waals surface area contributed by atoms with Gasteiger partial charge in [0.05, 0.1) is 18.4 Å². The molecule has 1 aromatic heterocycles. The highest BCUT2D eigenvalue weighted by Gasteiger charge is 2.19. The normalized spacial score (nSPS) is 19.6. The SMILES string of the molecule is COc1ccccc1-c1nc(CN2CCNC[C@@H]2C)cs1. The van der Waals surface area contributed by atoms with Gasteiger partial charge in [-0.1, -0.05) is 12.1 Å². The Kier molecular flexibility index (Phi) is 4.53. The lowest BCUT2D eigenvalue weighted by Crippen LogP contribution is -2.49. The minimum atomic E-state index is 0.565. The first kappa shape index (κ1) is 14.5. The quantitative estimate of drug-likeness (QED) is 0.942. The van der Waals surface area contributed by atoms with E-state index in [1.165, 1.54) is 0 Å². The molecule has 3 rings (SSSR count). The molecule has 0 unspecified atom stereocenters. The van der Waals surface area contributed by atoms with Gasteiger partial charge in [-0.15, -0.1) is 11.3 Å². The molecule has 0 aliphatic carbocycles. The number of hydrogen-bond acceptors (Lipinski definition) is 5. The molecule has 1 aliphatic rings. The van der Waals surface area contributed by atoms with Crippen molar-refractivity contribution in [3.8, 4) is 16.3 Å². The fraction of sp³-hybridized carbons (Fsp3) is 0.438. The van der Waals surface area contributed by atoms with Crippen molar-refractivity contribution >= 4 is 11.3 Å². The zero-order valence-corrected chi connectivity index (χ0v) is 13.3. The van der Waals surface area contributed by atoms with Gasteiger partial charge in [0.15, 0.2) is 0 Å². The average Bonchev–Trinajstić information content (AvgIpc) is 2.98. The summed E-state index contributed by atoms with van der Waals surface area (Å²) in [5.74, 6) is 0.883. The summed E-state index contributed by atoms with van der Waals surface area (Å²) >= 11 is 1.69. The number of rotatable bonds is 4. The van der Waals surface area contributed by atoms with Crippen LogP contribution in [-0.2, 0) is 6.54 Å². The summed E-state index contributed by atoms with van der Waals surface area (Å²) in [5, 5.41) is 6.62. The Bertz CT molecular complexity index is 599. The van der Waals surface area contributed by atoms with Crippen LogP contribution in [0.3, 0.4) is 0 Å². The first-order chi connectivity index (χ1) is 10.3. The van der Waals surface area contributed by atoms with Gasteiger partial charge in [0.2, 0.25) is 0 Å². The smallest absolute Gasteiger partial charge is 0.129 e. The number of benzene rings is 1. The Morgan fingerprint density at radius 1 is 1.43 bits per heavy atom. The molecule has 0 bridgehead atoms. The van der Waals surface area contributed by atoms with Crippen LogP contribution in [0, 0.1) is 0 Å². The van der Waals surface area contributed by atoms with Crippen molar-refractivity contribution in [3.05, 3.63) is 35.3 Å². The highest BCUT2D eigenvalue weighted by molar-refractivity contribution is 7.13. The van der Waals surface area contributed by atoms with Gasteiger partial charge in [-0.2, -0.15) is 0 Å². The number of thiazole rings is 1. The summed E-state index contributed by atoms with van der Waals surface area (Å²) in [7, 11) is 1.70. The maximum absolute atomic E-state index is 5.42. The molecule has 1 saturated heterocycles. The molecule has 1 fully saturated rings. The molecule has 1 aromatic carbocycles. The van der Waals surface area contributed by atoms with Crippen LogP contribution in [0.1, 0.15) is 12.6 Å². The fourth-order valence-electron chi connectivity index (χ4n) is 2.65. The number of hydrogen-bond donors (Lipinski definition) is 1. The van der Waals surface area contributed by atoms with E-state index in [2.05, 4.69) is 28.6 Å². The third kappa shape index (κ3) is 3.26. The number of methoxy groups -OCH3 is 1. The van der Waals surface area contributed by atoms with Gasteiger partial charge in [-0.05, 0) is 19.1 Å². The number of nitrogens with zero attached hydrogens (tertiary/aromatic N) is 2. The van der Waals surface area contributed by atoms with Crippen LogP contribution < -0.4 is 10.1 Å². The molecule has 5 heteroatoms. The number of nitrogens with one attached hydrogen (secondary N) is 1. The van der Waals surface area contributed by atoms with Gasteiger partial charge < -0.3 is 10.1 Å². The Balaban J connectivity index is 1.77. The summed E-state index contributed by atoms with van der Waals surface area (Å²) in [6.45, 7) is 6.40. The van der Waals surface area contributed by atoms with Crippen molar-refractivity contribution in [3.63, 3.8) is 0 Å². The molecule has 21 heavy (non-hydrogen) atoms. The number of aromatic nitrogens is 1. The van der Waals surface area contributed by atoms with Gasteiger partial charge in [-0.3, -0.25) is 4.90 Å². The van der Waals surface area contributed by atoms with Crippen molar-refractivity contribution in [2.75, 3.05) is 26.7 Å². The zero-order chi connectivity index (χ0) is 14.7. The fourth-order valence-corrected chi connectivity index (χ4v) is 3.49. The molecule has 1 atom stereocenters. The van der Waals surface area contributed by atoms with E-state index >= 15 is 0 Å². The Morgan fingerprint density at radius 2 is 2.29 bits per heavy atom. The number of piperazine rings is 1. The van der Waals surface area contributed by atoms with Crippen LogP contribution >= 0.6 is 11.3 Å². The summed E-state index contributed by atoms with van der Waals surface area (Å²) in [4.78, 5) is 7.28. The summed E-state index contributed by atoms with van der Waals surface area (Å²) < 4.78 is 5.42. The average molecular weight is 303 g/mol. The van der Waals surface area contributed by atoms with Crippen molar-refractivity contribution in [2.24, 2.45) is 0 Å². The molecule has 0 saturated carbocycles. The Morgan fingerprint density at radius 3 is 3.10 bits per heavy atom. The standard InChI is InChI=1S/C16H21N3OS/c1-12-9-17-7-8-19(12)10-13-11-21-16(18-13)14-5-3-4-6-15(14)20-2/h3-6,11-12,17H,7-10H2,1-2H3/t12-/m0/s1. The van der Waals surface area contributed by atoms with Crippen LogP contribution in [0.4, 0.5) is 0 Å². The first-order valence-corrected chi connectivity index (χ1v) is 8.18. The van der Waals surface area contributed by atoms with Gasteiger partial charge in [0, 0.05) is 37.6 Å². The summed E-state index contributed by atoms with van der Waals surface area (Å²) in [6.07, 6.45) is 0. The number of ether oxygens (including phenoxy) is 1. The third-order valence-electron chi connectivity index (χ3n) is 3.89. The Labute approximate surface area is 129 Å². The molecule has 2 aromatic rings. The molecule has 4 nitrogen and oxygen atoms in total. The highest BCUT2D eigenvalue weighted by atomic mass is 32.1. The lowest BCUT2D eigenvalue weighted by molar-refractivity contribution is 0.164. The first-order valence-electron chi connectivity index (χ1n) is 7.30. The Hall–Kier alpha value is -1.43. The summed E-state index contributed by atoms with van der Waals surface area (Å²) in [5.41, 5.74) is 2.22. The van der Waals surface area contributed by atoms with E-state index in [-0.39, 0.29) is 0 Å². The van der Waals surface area contributed by atoms with Gasteiger partial charge in [0.1, 0.15) is 10.8 Å². The van der Waals surface area contributed by atoms with Crippen LogP contribution in [0.25, 0.3) is 10.6 Å². The molecule has 112 valence electrons. The topological polar surface area (TPSA) is 37.4 Å². The maximum Gasteiger partial charge on any atom is 0.129 e. The second-order valence-electron chi connectivity index (χ2n) is 5.37. The van der Waals surface area contributed by atoms with E-state index in [1.54, 1.807) is 18.4 Å². The van der Waals surface area contributed by atoms with E-state index in [0.29, 0.717) is 6.04 Å². The molecular weight excluding hydrogens is 282 g/mol. The monoisotopic (exact) mass is 303 g/mol. The van der Waals surface area contributed by atoms with Crippen LogP contribution in [0.2, 0.25) is 0 Å². The zero-order valence-electron chi connectivity index (χ0n) is 12.5. The molecule has 0 amide bonds. The minimum absolute atomic E-state index is 0.565. The molecule has 2 heterocycles. The predicted octanol–water partition coefficient (Wildman–Crippen LogP) is 2.61. The van der Waals surface area contributed by atoms with Gasteiger partial charge >= 0.3 is 0 Å². The molecule has 1 aliphatic heterocycles. The molecule has 0 radical (unpaired) electrons. The van der Waals surface area contributed by atoms with E-state index < -0.39 is 0 Å². The van der Waals surface area contributed by atoms with E-state index in [4.69, 9.17) is 9.72 Å². The van der Waals surface area contributed by atoms with Crippen molar-refractivity contribution in [2.45, 2.75) is 19.5 Å². The third-order valence-corrected chi connectivity index (χ3v) is 4.82. The van der Waals surface area contributed by atoms with Crippen LogP contribution in [-0.4, -0.2) is 42.7 Å². The van der Waals surface area contributed by atoms with Crippen molar-refractivity contribution < 1.29 is 4.74 Å². The van der Waals surface area contributed by atoms with E-state index in [1.807, 2.05) is 18.2 Å². The molecular formula is C16H21N3OS. The second kappa shape index (κ2) is 6.56. The van der Waals surface area contributed by atoms with Crippen LogP contribution in [0.15, 0.2) is 29.6 Å². The maximum atomic E-state index is 5.42.